The fourth-order valence-electron chi connectivity index (χ4n) is 4.79. The second kappa shape index (κ2) is 7.11. The van der Waals surface area contributed by atoms with Crippen molar-refractivity contribution in [2.75, 3.05) is 11.9 Å². The van der Waals surface area contributed by atoms with Crippen molar-refractivity contribution < 1.29 is 9.59 Å². The minimum Gasteiger partial charge on any atom is -0.356 e. The molecule has 7 heteroatoms. The van der Waals surface area contributed by atoms with E-state index in [0.29, 0.717) is 11.5 Å². The lowest BCUT2D eigenvalue weighted by atomic mass is 9.86. The first-order valence-electron chi connectivity index (χ1n) is 10.8. The third-order valence-corrected chi connectivity index (χ3v) is 6.32. The monoisotopic (exact) mass is 417 g/mol. The molecule has 2 aliphatic heterocycles. The molecule has 0 bridgehead atoms. The second-order valence-electron chi connectivity index (χ2n) is 8.97. The van der Waals surface area contributed by atoms with Gasteiger partial charge in [-0.15, -0.1) is 0 Å². The highest BCUT2D eigenvalue weighted by Crippen LogP contribution is 2.46. The van der Waals surface area contributed by atoms with Gasteiger partial charge in [0.1, 0.15) is 0 Å². The van der Waals surface area contributed by atoms with Crippen molar-refractivity contribution in [3.05, 3.63) is 59.2 Å². The van der Waals surface area contributed by atoms with Crippen molar-refractivity contribution in [2.24, 2.45) is 13.0 Å². The van der Waals surface area contributed by atoms with Crippen molar-refractivity contribution in [1.29, 1.82) is 0 Å². The van der Waals surface area contributed by atoms with Crippen LogP contribution >= 0.6 is 0 Å². The molecule has 2 aromatic heterocycles. The van der Waals surface area contributed by atoms with Crippen LogP contribution in [0.3, 0.4) is 0 Å². The first-order chi connectivity index (χ1) is 14.8. The highest BCUT2D eigenvalue weighted by Gasteiger charge is 2.42. The van der Waals surface area contributed by atoms with Crippen molar-refractivity contribution in [3.8, 4) is 0 Å². The van der Waals surface area contributed by atoms with E-state index in [0.717, 1.165) is 46.4 Å². The van der Waals surface area contributed by atoms with Crippen LogP contribution in [0.15, 0.2) is 48.1 Å². The number of benzene rings is 1. The molecule has 160 valence electrons. The SMILES string of the molecule is CC(=O)N1CC2=C(C1=O)[C@H](c1cnn(C)c1)c1cn(CCC(C)C)c3cccc(c13)N2. The maximum absolute atomic E-state index is 13.4. The molecule has 1 N–H and O–H groups in total. The van der Waals surface area contributed by atoms with Crippen LogP contribution in [0.1, 0.15) is 44.2 Å². The van der Waals surface area contributed by atoms with Crippen molar-refractivity contribution in [3.63, 3.8) is 0 Å². The van der Waals surface area contributed by atoms with Crippen LogP contribution in [0.5, 0.6) is 0 Å². The molecule has 7 nitrogen and oxygen atoms in total. The second-order valence-corrected chi connectivity index (χ2v) is 8.97. The molecule has 3 aromatic rings. The number of nitrogens with zero attached hydrogens (tertiary/aromatic N) is 4. The summed E-state index contributed by atoms with van der Waals surface area (Å²) in [6, 6.07) is 6.24. The van der Waals surface area contributed by atoms with Gasteiger partial charge >= 0.3 is 0 Å². The average Bonchev–Trinajstić information content (AvgIpc) is 3.36. The maximum Gasteiger partial charge on any atom is 0.259 e. The lowest BCUT2D eigenvalue weighted by Crippen LogP contribution is -2.33. The largest absolute Gasteiger partial charge is 0.356 e. The number of aromatic nitrogens is 3. The van der Waals surface area contributed by atoms with Gasteiger partial charge in [0.2, 0.25) is 5.91 Å². The summed E-state index contributed by atoms with van der Waals surface area (Å²) in [5.74, 6) is -0.143. The van der Waals surface area contributed by atoms with Crippen LogP contribution < -0.4 is 5.32 Å². The van der Waals surface area contributed by atoms with Gasteiger partial charge in [0.05, 0.1) is 23.8 Å². The van der Waals surface area contributed by atoms with Gasteiger partial charge in [-0.3, -0.25) is 19.2 Å². The van der Waals surface area contributed by atoms with Crippen molar-refractivity contribution in [2.45, 2.75) is 39.7 Å². The molecule has 31 heavy (non-hydrogen) atoms. The van der Waals surface area contributed by atoms with Crippen molar-refractivity contribution in [1.82, 2.24) is 19.2 Å². The molecule has 0 unspecified atom stereocenters. The standard InChI is InChI=1S/C24H27N5O2/c1-14(2)8-9-28-12-17-21(16-10-25-27(4)11-16)23-19(13-29(15(3)30)24(23)31)26-18-6-5-7-20(28)22(17)18/h5-7,10-12,14,21,26H,8-9,13H2,1-4H3/t21-/m1/s1. The number of imide groups is 1. The van der Waals surface area contributed by atoms with Crippen molar-refractivity contribution >= 4 is 28.4 Å². The quantitative estimate of drug-likeness (QED) is 0.704. The molecular formula is C24H27N5O2. The molecule has 4 heterocycles. The molecular weight excluding hydrogens is 390 g/mol. The first kappa shape index (κ1) is 19.6. The maximum atomic E-state index is 13.4. The van der Waals surface area contributed by atoms with Gasteiger partial charge < -0.3 is 9.88 Å². The Hall–Kier alpha value is -3.35. The molecule has 0 radical (unpaired) electrons. The minimum atomic E-state index is -0.278. The number of carbonyl (C=O) groups excluding carboxylic acids is 2. The van der Waals surface area contributed by atoms with Gasteiger partial charge in [-0.1, -0.05) is 19.9 Å². The Morgan fingerprint density at radius 3 is 2.77 bits per heavy atom. The average molecular weight is 418 g/mol. The summed E-state index contributed by atoms with van der Waals surface area (Å²) in [6.07, 6.45) is 7.05. The van der Waals surface area contributed by atoms with E-state index in [4.69, 9.17) is 0 Å². The van der Waals surface area contributed by atoms with Crippen LogP contribution in [0.2, 0.25) is 0 Å². The van der Waals surface area contributed by atoms with Gasteiger partial charge in [-0.2, -0.15) is 5.10 Å². The molecule has 0 aliphatic carbocycles. The van der Waals surface area contributed by atoms with E-state index in [-0.39, 0.29) is 24.3 Å². The Balaban J connectivity index is 1.74. The first-order valence-corrected chi connectivity index (χ1v) is 10.8. The highest BCUT2D eigenvalue weighted by atomic mass is 16.2. The molecule has 5 rings (SSSR count). The topological polar surface area (TPSA) is 72.2 Å². The zero-order chi connectivity index (χ0) is 21.9. The van der Waals surface area contributed by atoms with Gasteiger partial charge in [-0.05, 0) is 30.0 Å². The van der Waals surface area contributed by atoms with Gasteiger partial charge in [-0.25, -0.2) is 0 Å². The Bertz CT molecular complexity index is 1250. The van der Waals surface area contributed by atoms with Gasteiger partial charge in [0.15, 0.2) is 0 Å². The summed E-state index contributed by atoms with van der Waals surface area (Å²) in [5, 5.41) is 9.02. The summed E-state index contributed by atoms with van der Waals surface area (Å²) in [5.41, 5.74) is 5.61. The zero-order valence-electron chi connectivity index (χ0n) is 18.3. The lowest BCUT2D eigenvalue weighted by Gasteiger charge is -2.18. The van der Waals surface area contributed by atoms with Crippen LogP contribution in [-0.4, -0.2) is 37.6 Å². The molecule has 0 saturated carbocycles. The fourth-order valence-corrected chi connectivity index (χ4v) is 4.79. The van der Waals surface area contributed by atoms with E-state index in [9.17, 15) is 9.59 Å². The fraction of sp³-hybridized carbons (Fsp3) is 0.375. The minimum absolute atomic E-state index is 0.222. The van der Waals surface area contributed by atoms with E-state index in [1.807, 2.05) is 25.5 Å². The van der Waals surface area contributed by atoms with E-state index in [1.54, 1.807) is 4.68 Å². The van der Waals surface area contributed by atoms with E-state index >= 15 is 0 Å². The number of hydrogen-bond donors (Lipinski definition) is 1. The van der Waals surface area contributed by atoms with Gasteiger partial charge in [0.25, 0.3) is 5.91 Å². The molecule has 0 spiro atoms. The van der Waals surface area contributed by atoms with Crippen LogP contribution in [-0.2, 0) is 23.2 Å². The molecule has 2 amide bonds. The number of hydrogen-bond acceptors (Lipinski definition) is 4. The predicted molar refractivity (Wildman–Crippen MR) is 119 cm³/mol. The number of amides is 2. The van der Waals surface area contributed by atoms with E-state index < -0.39 is 0 Å². The molecule has 0 fully saturated rings. The summed E-state index contributed by atoms with van der Waals surface area (Å²) in [4.78, 5) is 26.9. The summed E-state index contributed by atoms with van der Waals surface area (Å²) < 4.78 is 4.06. The summed E-state index contributed by atoms with van der Waals surface area (Å²) in [7, 11) is 1.88. The lowest BCUT2D eigenvalue weighted by molar-refractivity contribution is -0.139. The van der Waals surface area contributed by atoms with Crippen LogP contribution in [0.25, 0.3) is 10.9 Å². The third-order valence-electron chi connectivity index (χ3n) is 6.32. The number of rotatable bonds is 4. The normalized spacial score (nSPS) is 18.0. The van der Waals surface area contributed by atoms with Crippen LogP contribution in [0, 0.1) is 5.92 Å². The molecule has 1 atom stereocenters. The smallest absolute Gasteiger partial charge is 0.259 e. The Kier molecular flexibility index (Phi) is 4.50. The number of nitrogens with one attached hydrogen (secondary N) is 1. The summed E-state index contributed by atoms with van der Waals surface area (Å²) in [6.45, 7) is 7.08. The van der Waals surface area contributed by atoms with Gasteiger partial charge in [0, 0.05) is 61.2 Å². The zero-order valence-corrected chi connectivity index (χ0v) is 18.3. The Morgan fingerprint density at radius 1 is 1.29 bits per heavy atom. The number of carbonyl (C=O) groups is 2. The number of aryl methyl sites for hydroxylation is 2. The molecule has 2 aliphatic rings. The van der Waals surface area contributed by atoms with E-state index in [2.05, 4.69) is 47.2 Å². The predicted octanol–water partition coefficient (Wildman–Crippen LogP) is 3.62. The Labute approximate surface area is 181 Å². The third kappa shape index (κ3) is 3.07. The summed E-state index contributed by atoms with van der Waals surface area (Å²) >= 11 is 0. The number of anilines is 1. The molecule has 1 aromatic carbocycles. The van der Waals surface area contributed by atoms with E-state index in [1.165, 1.54) is 11.8 Å². The molecule has 0 saturated heterocycles. The van der Waals surface area contributed by atoms with Crippen LogP contribution in [0.4, 0.5) is 5.69 Å². The highest BCUT2D eigenvalue weighted by molar-refractivity contribution is 6.11. The Morgan fingerprint density at radius 2 is 2.10 bits per heavy atom.